The van der Waals surface area contributed by atoms with Crippen LogP contribution in [0.2, 0.25) is 5.02 Å². The smallest absolute Gasteiger partial charge is 0.234 e. The van der Waals surface area contributed by atoms with E-state index in [0.717, 1.165) is 37.3 Å². The zero-order valence-electron chi connectivity index (χ0n) is 16.0. The third kappa shape index (κ3) is 5.67. The van der Waals surface area contributed by atoms with E-state index in [1.165, 1.54) is 12.1 Å². The molecule has 0 atom stereocenters. The van der Waals surface area contributed by atoms with Gasteiger partial charge in [0, 0.05) is 49.9 Å². The number of carbonyl (C=O) groups excluding carboxylic acids is 1. The molecule has 0 saturated carbocycles. The van der Waals surface area contributed by atoms with E-state index in [9.17, 15) is 9.18 Å². The second kappa shape index (κ2) is 9.87. The molecule has 7 heteroatoms. The van der Waals surface area contributed by atoms with E-state index in [0.29, 0.717) is 30.4 Å². The first-order chi connectivity index (χ1) is 13.5. The molecule has 1 fully saturated rings. The van der Waals surface area contributed by atoms with Gasteiger partial charge in [-0.05, 0) is 29.8 Å². The van der Waals surface area contributed by atoms with Crippen molar-refractivity contribution in [3.63, 3.8) is 0 Å². The number of benzene rings is 2. The molecule has 5 nitrogen and oxygen atoms in total. The van der Waals surface area contributed by atoms with Crippen LogP contribution >= 0.6 is 11.6 Å². The minimum Gasteiger partial charge on any atom is -0.496 e. The van der Waals surface area contributed by atoms with Crippen LogP contribution in [0, 0.1) is 5.82 Å². The summed E-state index contributed by atoms with van der Waals surface area (Å²) in [5.41, 5.74) is 1.75. The fourth-order valence-corrected chi connectivity index (χ4v) is 3.51. The average molecular weight is 406 g/mol. The lowest BCUT2D eigenvalue weighted by molar-refractivity contribution is -0.122. The van der Waals surface area contributed by atoms with E-state index >= 15 is 0 Å². The van der Waals surface area contributed by atoms with Gasteiger partial charge in [-0.25, -0.2) is 4.39 Å². The Bertz CT molecular complexity index is 810. The van der Waals surface area contributed by atoms with Crippen LogP contribution in [0.25, 0.3) is 0 Å². The molecule has 1 saturated heterocycles. The molecular formula is C21H25ClFN3O2. The van der Waals surface area contributed by atoms with Crippen molar-refractivity contribution in [3.8, 4) is 5.75 Å². The topological polar surface area (TPSA) is 44.8 Å². The maximum Gasteiger partial charge on any atom is 0.234 e. The van der Waals surface area contributed by atoms with Gasteiger partial charge in [0.15, 0.2) is 0 Å². The maximum absolute atomic E-state index is 13.5. The maximum atomic E-state index is 13.5. The van der Waals surface area contributed by atoms with E-state index in [-0.39, 0.29) is 11.7 Å². The van der Waals surface area contributed by atoms with Gasteiger partial charge in [-0.1, -0.05) is 29.8 Å². The Kier molecular flexibility index (Phi) is 7.25. The summed E-state index contributed by atoms with van der Waals surface area (Å²) in [6.45, 7) is 4.64. The Morgan fingerprint density at radius 2 is 1.82 bits per heavy atom. The second-order valence-corrected chi connectivity index (χ2v) is 7.28. The molecule has 0 unspecified atom stereocenters. The van der Waals surface area contributed by atoms with Gasteiger partial charge in [0.25, 0.3) is 0 Å². The van der Waals surface area contributed by atoms with Crippen molar-refractivity contribution in [1.82, 2.24) is 15.1 Å². The van der Waals surface area contributed by atoms with Crippen molar-refractivity contribution in [1.29, 1.82) is 0 Å². The number of rotatable bonds is 7. The predicted molar refractivity (Wildman–Crippen MR) is 108 cm³/mol. The molecule has 0 aromatic heterocycles. The van der Waals surface area contributed by atoms with E-state index in [2.05, 4.69) is 15.1 Å². The molecule has 0 spiro atoms. The fraction of sp³-hybridized carbons (Fsp3) is 0.381. The summed E-state index contributed by atoms with van der Waals surface area (Å²) in [7, 11) is 1.59. The van der Waals surface area contributed by atoms with Gasteiger partial charge in [-0.3, -0.25) is 14.6 Å². The summed E-state index contributed by atoms with van der Waals surface area (Å²) in [4.78, 5) is 16.6. The van der Waals surface area contributed by atoms with Crippen LogP contribution in [0.5, 0.6) is 5.75 Å². The minimum absolute atomic E-state index is 0.0137. The van der Waals surface area contributed by atoms with Crippen molar-refractivity contribution >= 4 is 17.5 Å². The molecule has 150 valence electrons. The molecule has 0 aliphatic carbocycles. The molecule has 0 radical (unpaired) electrons. The average Bonchev–Trinajstić information content (AvgIpc) is 2.69. The van der Waals surface area contributed by atoms with Crippen molar-refractivity contribution in [2.75, 3.05) is 39.8 Å². The SMILES string of the molecule is COc1ccc(F)cc1CN1CCN(CC(=O)NCc2ccccc2Cl)CC1. The summed E-state index contributed by atoms with van der Waals surface area (Å²) in [6, 6.07) is 12.1. The lowest BCUT2D eigenvalue weighted by Gasteiger charge is -2.34. The van der Waals surface area contributed by atoms with Gasteiger partial charge < -0.3 is 10.1 Å². The highest BCUT2D eigenvalue weighted by molar-refractivity contribution is 6.31. The highest BCUT2D eigenvalue weighted by Crippen LogP contribution is 2.21. The second-order valence-electron chi connectivity index (χ2n) is 6.88. The van der Waals surface area contributed by atoms with E-state index < -0.39 is 0 Å². The van der Waals surface area contributed by atoms with Crippen molar-refractivity contribution in [2.24, 2.45) is 0 Å². The van der Waals surface area contributed by atoms with Crippen LogP contribution in [-0.2, 0) is 17.9 Å². The quantitative estimate of drug-likeness (QED) is 0.769. The Morgan fingerprint density at radius 1 is 1.11 bits per heavy atom. The van der Waals surface area contributed by atoms with Crippen molar-refractivity contribution in [3.05, 3.63) is 64.4 Å². The van der Waals surface area contributed by atoms with Crippen LogP contribution in [0.1, 0.15) is 11.1 Å². The van der Waals surface area contributed by atoms with Crippen LogP contribution in [0.15, 0.2) is 42.5 Å². The first-order valence-corrected chi connectivity index (χ1v) is 9.70. The highest BCUT2D eigenvalue weighted by Gasteiger charge is 2.20. The number of hydrogen-bond acceptors (Lipinski definition) is 4. The number of amides is 1. The lowest BCUT2D eigenvalue weighted by atomic mass is 10.1. The summed E-state index contributed by atoms with van der Waals surface area (Å²) in [6.07, 6.45) is 0. The first kappa shape index (κ1) is 20.6. The number of halogens is 2. The fourth-order valence-electron chi connectivity index (χ4n) is 3.31. The number of nitrogens with one attached hydrogen (secondary N) is 1. The molecule has 1 aliphatic heterocycles. The third-order valence-corrected chi connectivity index (χ3v) is 5.27. The van der Waals surface area contributed by atoms with Crippen molar-refractivity contribution < 1.29 is 13.9 Å². The van der Waals surface area contributed by atoms with Crippen LogP contribution in [-0.4, -0.2) is 55.5 Å². The first-order valence-electron chi connectivity index (χ1n) is 9.32. The molecule has 1 heterocycles. The number of carbonyl (C=O) groups is 1. The monoisotopic (exact) mass is 405 g/mol. The Morgan fingerprint density at radius 3 is 2.54 bits per heavy atom. The van der Waals surface area contributed by atoms with E-state index in [1.54, 1.807) is 13.2 Å². The Hall–Kier alpha value is -2.15. The molecule has 1 amide bonds. The number of ether oxygens (including phenoxy) is 1. The number of methoxy groups -OCH3 is 1. The summed E-state index contributed by atoms with van der Waals surface area (Å²) in [5, 5.41) is 3.58. The zero-order chi connectivity index (χ0) is 19.9. The largest absolute Gasteiger partial charge is 0.496 e. The molecule has 28 heavy (non-hydrogen) atoms. The van der Waals surface area contributed by atoms with Crippen LogP contribution in [0.3, 0.4) is 0 Å². The normalized spacial score (nSPS) is 15.4. The number of piperazine rings is 1. The molecule has 0 bridgehead atoms. The van der Waals surface area contributed by atoms with Gasteiger partial charge in [0.1, 0.15) is 11.6 Å². The van der Waals surface area contributed by atoms with Gasteiger partial charge >= 0.3 is 0 Å². The summed E-state index contributed by atoms with van der Waals surface area (Å²) < 4.78 is 18.8. The molecule has 2 aromatic carbocycles. The Balaban J connectivity index is 1.43. The molecule has 2 aromatic rings. The predicted octanol–water partition coefficient (Wildman–Crippen LogP) is 2.92. The van der Waals surface area contributed by atoms with Gasteiger partial charge in [0.05, 0.1) is 13.7 Å². The molecule has 1 N–H and O–H groups in total. The third-order valence-electron chi connectivity index (χ3n) is 4.90. The van der Waals surface area contributed by atoms with E-state index in [4.69, 9.17) is 16.3 Å². The summed E-state index contributed by atoms with van der Waals surface area (Å²) in [5.74, 6) is 0.424. The zero-order valence-corrected chi connectivity index (χ0v) is 16.7. The highest BCUT2D eigenvalue weighted by atomic mass is 35.5. The molecular weight excluding hydrogens is 381 g/mol. The number of nitrogens with zero attached hydrogens (tertiary/aromatic N) is 2. The van der Waals surface area contributed by atoms with Gasteiger partial charge in [-0.15, -0.1) is 0 Å². The summed E-state index contributed by atoms with van der Waals surface area (Å²) >= 11 is 6.11. The molecule has 1 aliphatic rings. The van der Waals surface area contributed by atoms with Crippen molar-refractivity contribution in [2.45, 2.75) is 13.1 Å². The number of hydrogen-bond donors (Lipinski definition) is 1. The minimum atomic E-state index is -0.260. The molecule has 3 rings (SSSR count). The lowest BCUT2D eigenvalue weighted by Crippen LogP contribution is -2.49. The Labute approximate surface area is 170 Å². The van der Waals surface area contributed by atoms with Gasteiger partial charge in [-0.2, -0.15) is 0 Å². The van der Waals surface area contributed by atoms with Crippen LogP contribution in [0.4, 0.5) is 4.39 Å². The van der Waals surface area contributed by atoms with Gasteiger partial charge in [0.2, 0.25) is 5.91 Å². The van der Waals surface area contributed by atoms with Crippen LogP contribution < -0.4 is 10.1 Å². The van der Waals surface area contributed by atoms with E-state index in [1.807, 2.05) is 24.3 Å². The standard InChI is InChI=1S/C21H25ClFN3O2/c1-28-20-7-6-18(23)12-17(20)14-25-8-10-26(11-9-25)15-21(27)24-13-16-4-2-3-5-19(16)22/h2-7,12H,8-11,13-15H2,1H3,(H,24,27).